The van der Waals surface area contributed by atoms with Gasteiger partial charge in [-0.05, 0) is 23.8 Å². The fourth-order valence-electron chi connectivity index (χ4n) is 3.46. The van der Waals surface area contributed by atoms with Crippen LogP contribution in [0.1, 0.15) is 5.56 Å². The van der Waals surface area contributed by atoms with Gasteiger partial charge in [-0.25, -0.2) is 4.98 Å². The molecule has 5 nitrogen and oxygen atoms in total. The molecule has 156 valence electrons. The second-order valence-electron chi connectivity index (χ2n) is 7.25. The van der Waals surface area contributed by atoms with Crippen LogP contribution in [0.15, 0.2) is 53.9 Å². The summed E-state index contributed by atoms with van der Waals surface area (Å²) in [6, 6.07) is 15.8. The average molecular weight is 461 g/mol. The first-order valence-electron chi connectivity index (χ1n) is 9.76. The van der Waals surface area contributed by atoms with E-state index in [2.05, 4.69) is 44.4 Å². The average Bonchev–Trinajstić information content (AvgIpc) is 3.18. The maximum Gasteiger partial charge on any atom is 0.240 e. The highest BCUT2D eigenvalue weighted by Gasteiger charge is 2.19. The molecule has 1 aromatic heterocycles. The van der Waals surface area contributed by atoms with Gasteiger partial charge >= 0.3 is 0 Å². The molecule has 4 rings (SSSR count). The first-order valence-corrected chi connectivity index (χ1v) is 11.4. The van der Waals surface area contributed by atoms with Gasteiger partial charge in [0.2, 0.25) is 5.91 Å². The molecule has 0 spiro atoms. The van der Waals surface area contributed by atoms with Crippen LogP contribution in [0.3, 0.4) is 0 Å². The molecule has 0 radical (unpaired) electrons. The van der Waals surface area contributed by atoms with Crippen molar-refractivity contribution in [3.05, 3.63) is 69.5 Å². The lowest BCUT2D eigenvalue weighted by atomic mass is 10.2. The Hall–Kier alpha value is -1.96. The first kappa shape index (κ1) is 21.3. The fourth-order valence-corrected chi connectivity index (χ4v) is 4.69. The molecule has 1 saturated heterocycles. The molecule has 0 saturated carbocycles. The Morgan fingerprint density at radius 1 is 1.03 bits per heavy atom. The summed E-state index contributed by atoms with van der Waals surface area (Å²) in [5.74, 6) is -0.0467. The quantitative estimate of drug-likeness (QED) is 0.569. The number of piperazine rings is 1. The first-order chi connectivity index (χ1) is 14.6. The van der Waals surface area contributed by atoms with E-state index in [-0.39, 0.29) is 5.91 Å². The third-order valence-corrected chi connectivity index (χ3v) is 6.34. The van der Waals surface area contributed by atoms with Crippen molar-refractivity contribution in [1.82, 2.24) is 14.8 Å². The molecule has 3 aromatic rings. The predicted octanol–water partition coefficient (Wildman–Crippen LogP) is 4.87. The van der Waals surface area contributed by atoms with Crippen molar-refractivity contribution in [1.29, 1.82) is 0 Å². The van der Waals surface area contributed by atoms with E-state index >= 15 is 0 Å². The van der Waals surface area contributed by atoms with Crippen LogP contribution in [0.4, 0.5) is 5.13 Å². The van der Waals surface area contributed by atoms with Crippen LogP contribution in [0.25, 0.3) is 11.3 Å². The Kier molecular flexibility index (Phi) is 7.02. The monoisotopic (exact) mass is 460 g/mol. The van der Waals surface area contributed by atoms with Crippen molar-refractivity contribution in [2.24, 2.45) is 0 Å². The summed E-state index contributed by atoms with van der Waals surface area (Å²) in [5, 5.41) is 6.48. The van der Waals surface area contributed by atoms with Gasteiger partial charge in [-0.1, -0.05) is 53.5 Å². The number of hydrogen-bond acceptors (Lipinski definition) is 5. The Labute approximate surface area is 190 Å². The van der Waals surface area contributed by atoms with Gasteiger partial charge in [-0.15, -0.1) is 11.3 Å². The minimum atomic E-state index is -0.0467. The summed E-state index contributed by atoms with van der Waals surface area (Å²) in [4.78, 5) is 21.6. The van der Waals surface area contributed by atoms with Crippen molar-refractivity contribution < 1.29 is 4.79 Å². The van der Waals surface area contributed by atoms with Crippen LogP contribution >= 0.6 is 34.5 Å². The number of halogens is 2. The lowest BCUT2D eigenvalue weighted by Crippen LogP contribution is -2.48. The van der Waals surface area contributed by atoms with E-state index in [1.807, 2.05) is 17.5 Å². The van der Waals surface area contributed by atoms with E-state index in [4.69, 9.17) is 23.2 Å². The second kappa shape index (κ2) is 9.90. The highest BCUT2D eigenvalue weighted by Crippen LogP contribution is 2.32. The van der Waals surface area contributed by atoms with Crippen molar-refractivity contribution in [3.63, 3.8) is 0 Å². The molecule has 1 amide bonds. The highest BCUT2D eigenvalue weighted by atomic mass is 35.5. The van der Waals surface area contributed by atoms with Gasteiger partial charge in [-0.2, -0.15) is 0 Å². The maximum atomic E-state index is 12.5. The number of aromatic nitrogens is 1. The summed E-state index contributed by atoms with van der Waals surface area (Å²) in [7, 11) is 0. The number of carbonyl (C=O) groups excluding carboxylic acids is 1. The number of benzene rings is 2. The number of amides is 1. The smallest absolute Gasteiger partial charge is 0.240 e. The Balaban J connectivity index is 1.26. The van der Waals surface area contributed by atoms with Gasteiger partial charge in [0.1, 0.15) is 0 Å². The van der Waals surface area contributed by atoms with Crippen LogP contribution in [-0.4, -0.2) is 53.4 Å². The lowest BCUT2D eigenvalue weighted by Gasteiger charge is -2.34. The molecule has 2 aromatic carbocycles. The van der Waals surface area contributed by atoms with Gasteiger partial charge in [-0.3, -0.25) is 14.6 Å². The van der Waals surface area contributed by atoms with Crippen LogP contribution in [0.2, 0.25) is 10.0 Å². The Morgan fingerprint density at radius 2 is 1.77 bits per heavy atom. The van der Waals surface area contributed by atoms with Gasteiger partial charge < -0.3 is 5.32 Å². The molecule has 1 aliphatic heterocycles. The minimum absolute atomic E-state index is 0.0467. The van der Waals surface area contributed by atoms with Crippen LogP contribution in [0.5, 0.6) is 0 Å². The van der Waals surface area contributed by atoms with Gasteiger partial charge in [0, 0.05) is 48.7 Å². The van der Waals surface area contributed by atoms with E-state index in [1.165, 1.54) is 16.9 Å². The third-order valence-electron chi connectivity index (χ3n) is 5.04. The summed E-state index contributed by atoms with van der Waals surface area (Å²) in [6.07, 6.45) is 0. The van der Waals surface area contributed by atoms with E-state index in [0.29, 0.717) is 21.7 Å². The van der Waals surface area contributed by atoms with Crippen molar-refractivity contribution in [2.45, 2.75) is 6.54 Å². The predicted molar refractivity (Wildman–Crippen MR) is 124 cm³/mol. The Morgan fingerprint density at radius 3 is 2.50 bits per heavy atom. The minimum Gasteiger partial charge on any atom is -0.301 e. The van der Waals surface area contributed by atoms with E-state index in [1.54, 1.807) is 12.1 Å². The number of nitrogens with one attached hydrogen (secondary N) is 1. The molecular weight excluding hydrogens is 439 g/mol. The van der Waals surface area contributed by atoms with Gasteiger partial charge in [0.05, 0.1) is 17.3 Å². The zero-order valence-electron chi connectivity index (χ0n) is 16.4. The van der Waals surface area contributed by atoms with Crippen molar-refractivity contribution in [3.8, 4) is 11.3 Å². The van der Waals surface area contributed by atoms with E-state index in [0.717, 1.165) is 44.0 Å². The van der Waals surface area contributed by atoms with Crippen molar-refractivity contribution in [2.75, 3.05) is 38.0 Å². The highest BCUT2D eigenvalue weighted by molar-refractivity contribution is 7.14. The number of nitrogens with zero attached hydrogens (tertiary/aromatic N) is 3. The largest absolute Gasteiger partial charge is 0.301 e. The van der Waals surface area contributed by atoms with Crippen LogP contribution < -0.4 is 5.32 Å². The molecule has 1 fully saturated rings. The molecule has 30 heavy (non-hydrogen) atoms. The molecule has 0 aliphatic carbocycles. The topological polar surface area (TPSA) is 48.5 Å². The van der Waals surface area contributed by atoms with Crippen LogP contribution in [-0.2, 0) is 11.3 Å². The summed E-state index contributed by atoms with van der Waals surface area (Å²) in [5.41, 5.74) is 2.85. The fraction of sp³-hybridized carbons (Fsp3) is 0.273. The van der Waals surface area contributed by atoms with E-state index in [9.17, 15) is 4.79 Å². The molecular formula is C22H22Cl2N4OS. The van der Waals surface area contributed by atoms with Crippen molar-refractivity contribution >= 4 is 45.6 Å². The molecule has 1 N–H and O–H groups in total. The summed E-state index contributed by atoms with van der Waals surface area (Å²) in [6.45, 7) is 5.00. The zero-order chi connectivity index (χ0) is 20.9. The maximum absolute atomic E-state index is 12.5. The molecule has 2 heterocycles. The SMILES string of the molecule is O=C(CN1CCN(Cc2ccccc2)CC1)Nc1nc(-c2ccc(Cl)cc2Cl)cs1. The standard InChI is InChI=1S/C22H22Cl2N4OS/c23-17-6-7-18(19(24)12-17)20-15-30-22(25-20)26-21(29)14-28-10-8-27(9-11-28)13-16-4-2-1-3-5-16/h1-7,12,15H,8-11,13-14H2,(H,25,26,29). The lowest BCUT2D eigenvalue weighted by molar-refractivity contribution is -0.117. The molecule has 0 atom stereocenters. The number of carbonyl (C=O) groups is 1. The molecule has 0 unspecified atom stereocenters. The van der Waals surface area contributed by atoms with E-state index < -0.39 is 0 Å². The normalized spacial score (nSPS) is 15.3. The molecule has 0 bridgehead atoms. The molecule has 1 aliphatic rings. The number of hydrogen-bond donors (Lipinski definition) is 1. The Bertz CT molecular complexity index is 1000. The zero-order valence-corrected chi connectivity index (χ0v) is 18.7. The summed E-state index contributed by atoms with van der Waals surface area (Å²) >= 11 is 13.6. The number of thiazole rings is 1. The number of rotatable bonds is 6. The number of anilines is 1. The third kappa shape index (κ3) is 5.59. The molecule has 8 heteroatoms. The van der Waals surface area contributed by atoms with Gasteiger partial charge in [0.15, 0.2) is 5.13 Å². The second-order valence-corrected chi connectivity index (χ2v) is 8.95. The van der Waals surface area contributed by atoms with Crippen LogP contribution in [0, 0.1) is 0 Å². The summed E-state index contributed by atoms with van der Waals surface area (Å²) < 4.78 is 0. The van der Waals surface area contributed by atoms with Gasteiger partial charge in [0.25, 0.3) is 0 Å².